The van der Waals surface area contributed by atoms with Crippen LogP contribution in [-0.4, -0.2) is 17.1 Å². The average molecular weight is 310 g/mol. The first-order chi connectivity index (χ1) is 10.0. The zero-order valence-corrected chi connectivity index (χ0v) is 12.1. The molecule has 0 radical (unpaired) electrons. The highest BCUT2D eigenvalue weighted by atomic mass is 35.5. The molecule has 1 aromatic heterocycles. The predicted molar refractivity (Wildman–Crippen MR) is 77.4 cm³/mol. The van der Waals surface area contributed by atoms with Crippen molar-refractivity contribution in [1.29, 1.82) is 0 Å². The van der Waals surface area contributed by atoms with Crippen LogP contribution in [-0.2, 0) is 4.74 Å². The molecule has 1 heterocycles. The molecule has 1 aromatic carbocycles. The normalized spacial score (nSPS) is 14.4. The number of hydrogen-bond donors (Lipinski definition) is 0. The van der Waals surface area contributed by atoms with Crippen molar-refractivity contribution < 1.29 is 13.9 Å². The van der Waals surface area contributed by atoms with Crippen molar-refractivity contribution in [3.05, 3.63) is 45.0 Å². The van der Waals surface area contributed by atoms with Gasteiger partial charge in [-0.2, -0.15) is 0 Å². The molecule has 6 heteroatoms. The lowest BCUT2D eigenvalue weighted by Gasteiger charge is -2.15. The molecule has 21 heavy (non-hydrogen) atoms. The summed E-state index contributed by atoms with van der Waals surface area (Å²) in [4.78, 5) is 24.4. The van der Waals surface area contributed by atoms with Crippen LogP contribution in [0.3, 0.4) is 0 Å². The minimum absolute atomic E-state index is 0.0269. The van der Waals surface area contributed by atoms with Crippen molar-refractivity contribution in [3.63, 3.8) is 0 Å². The zero-order chi connectivity index (χ0) is 15.1. The topological polar surface area (TPSA) is 48.3 Å². The maximum atomic E-state index is 13.5. The lowest BCUT2D eigenvalue weighted by molar-refractivity contribution is 0.0524. The van der Waals surface area contributed by atoms with Gasteiger partial charge in [0.25, 0.3) is 0 Å². The molecule has 4 nitrogen and oxygen atoms in total. The average Bonchev–Trinajstić information content (AvgIpc) is 3.23. The molecule has 0 aliphatic heterocycles. The lowest BCUT2D eigenvalue weighted by Crippen LogP contribution is -2.22. The Kier molecular flexibility index (Phi) is 3.45. The summed E-state index contributed by atoms with van der Waals surface area (Å²) in [6, 6.07) is 3.94. The highest BCUT2D eigenvalue weighted by molar-refractivity contribution is 6.33. The van der Waals surface area contributed by atoms with Gasteiger partial charge in [-0.3, -0.25) is 4.79 Å². The van der Waals surface area contributed by atoms with Crippen LogP contribution in [0.1, 0.15) is 36.2 Å². The number of aromatic nitrogens is 1. The van der Waals surface area contributed by atoms with Crippen molar-refractivity contribution in [2.75, 3.05) is 6.61 Å². The van der Waals surface area contributed by atoms with Crippen LogP contribution in [0.4, 0.5) is 4.39 Å². The summed E-state index contributed by atoms with van der Waals surface area (Å²) >= 11 is 6.25. The number of benzene rings is 1. The number of pyridine rings is 1. The van der Waals surface area contributed by atoms with E-state index in [4.69, 9.17) is 16.3 Å². The summed E-state index contributed by atoms with van der Waals surface area (Å²) in [5.74, 6) is -1.19. The van der Waals surface area contributed by atoms with E-state index in [1.54, 1.807) is 11.5 Å². The molecule has 110 valence electrons. The molecule has 0 bridgehead atoms. The molecule has 3 rings (SSSR count). The molecule has 2 aromatic rings. The van der Waals surface area contributed by atoms with E-state index in [-0.39, 0.29) is 28.8 Å². The maximum absolute atomic E-state index is 13.5. The number of esters is 1. The maximum Gasteiger partial charge on any atom is 0.345 e. The number of fused-ring (bicyclic) bond motifs is 1. The molecule has 0 atom stereocenters. The van der Waals surface area contributed by atoms with E-state index in [0.717, 1.165) is 12.8 Å². The summed E-state index contributed by atoms with van der Waals surface area (Å²) in [5.41, 5.74) is -0.282. The van der Waals surface area contributed by atoms with Gasteiger partial charge in [0, 0.05) is 11.4 Å². The molecule has 0 amide bonds. The summed E-state index contributed by atoms with van der Waals surface area (Å²) in [6.45, 7) is 1.81. The Labute approximate surface area is 125 Å². The lowest BCUT2D eigenvalue weighted by atomic mass is 10.1. The van der Waals surface area contributed by atoms with Gasteiger partial charge in [-0.05, 0) is 38.0 Å². The SMILES string of the molecule is CCOC(=O)c1c(Cl)n(C2CC2)c2cc(F)ccc2c1=O. The van der Waals surface area contributed by atoms with Crippen molar-refractivity contribution in [2.45, 2.75) is 25.8 Å². The number of halogens is 2. The highest BCUT2D eigenvalue weighted by Crippen LogP contribution is 2.40. The summed E-state index contributed by atoms with van der Waals surface area (Å²) in [6.07, 6.45) is 1.77. The van der Waals surface area contributed by atoms with E-state index in [9.17, 15) is 14.0 Å². The third-order valence-corrected chi connectivity index (χ3v) is 3.87. The van der Waals surface area contributed by atoms with E-state index >= 15 is 0 Å². The summed E-state index contributed by atoms with van der Waals surface area (Å²) in [7, 11) is 0. The van der Waals surface area contributed by atoms with E-state index in [1.807, 2.05) is 0 Å². The van der Waals surface area contributed by atoms with Gasteiger partial charge in [0.1, 0.15) is 16.5 Å². The minimum Gasteiger partial charge on any atom is -0.462 e. The molecule has 0 spiro atoms. The third kappa shape index (κ3) is 2.31. The van der Waals surface area contributed by atoms with Gasteiger partial charge in [-0.25, -0.2) is 9.18 Å². The van der Waals surface area contributed by atoms with Crippen molar-refractivity contribution in [3.8, 4) is 0 Å². The first-order valence-electron chi connectivity index (χ1n) is 6.75. The molecule has 0 N–H and O–H groups in total. The second-order valence-corrected chi connectivity index (χ2v) is 5.34. The van der Waals surface area contributed by atoms with E-state index < -0.39 is 17.2 Å². The Hall–Kier alpha value is -1.88. The Bertz CT molecular complexity index is 796. The number of hydrogen-bond acceptors (Lipinski definition) is 3. The molecule has 1 fully saturated rings. The zero-order valence-electron chi connectivity index (χ0n) is 11.4. The first kappa shape index (κ1) is 14.1. The molecular formula is C15H13ClFNO3. The van der Waals surface area contributed by atoms with Crippen LogP contribution in [0.2, 0.25) is 5.15 Å². The van der Waals surface area contributed by atoms with Gasteiger partial charge >= 0.3 is 5.97 Å². The van der Waals surface area contributed by atoms with E-state index in [1.165, 1.54) is 18.2 Å². The standard InChI is InChI=1S/C15H13ClFNO3/c1-2-21-15(20)12-13(19)10-6-3-8(17)7-11(10)18(14(12)16)9-4-5-9/h3,6-7,9H,2,4-5H2,1H3. The van der Waals surface area contributed by atoms with Crippen LogP contribution in [0.15, 0.2) is 23.0 Å². The van der Waals surface area contributed by atoms with Crippen LogP contribution in [0.5, 0.6) is 0 Å². The predicted octanol–water partition coefficient (Wildman–Crippen LogP) is 3.31. The Morgan fingerprint density at radius 3 is 2.81 bits per heavy atom. The number of carbonyl (C=O) groups is 1. The number of nitrogens with zero attached hydrogens (tertiary/aromatic N) is 1. The minimum atomic E-state index is -0.742. The quantitative estimate of drug-likeness (QED) is 0.645. The fourth-order valence-corrected chi connectivity index (χ4v) is 2.81. The molecule has 1 aliphatic carbocycles. The molecule has 1 saturated carbocycles. The van der Waals surface area contributed by atoms with Gasteiger partial charge < -0.3 is 9.30 Å². The number of rotatable bonds is 3. The van der Waals surface area contributed by atoms with Crippen molar-refractivity contribution in [1.82, 2.24) is 4.57 Å². The van der Waals surface area contributed by atoms with Crippen LogP contribution >= 0.6 is 11.6 Å². The van der Waals surface area contributed by atoms with Gasteiger partial charge in [-0.1, -0.05) is 11.6 Å². The number of ether oxygens (including phenoxy) is 1. The largest absolute Gasteiger partial charge is 0.462 e. The Morgan fingerprint density at radius 1 is 1.48 bits per heavy atom. The highest BCUT2D eigenvalue weighted by Gasteiger charge is 2.31. The third-order valence-electron chi connectivity index (χ3n) is 3.50. The van der Waals surface area contributed by atoms with Gasteiger partial charge in [0.2, 0.25) is 5.43 Å². The summed E-state index contributed by atoms with van der Waals surface area (Å²) in [5, 5.41) is 0.301. The fraction of sp³-hybridized carbons (Fsp3) is 0.333. The number of carbonyl (C=O) groups excluding carboxylic acids is 1. The van der Waals surface area contributed by atoms with E-state index in [2.05, 4.69) is 0 Å². The molecular weight excluding hydrogens is 297 g/mol. The fourth-order valence-electron chi connectivity index (χ4n) is 2.42. The van der Waals surface area contributed by atoms with Crippen LogP contribution in [0, 0.1) is 5.82 Å². The Balaban J connectivity index is 2.37. The second-order valence-electron chi connectivity index (χ2n) is 4.98. The van der Waals surface area contributed by atoms with E-state index in [0.29, 0.717) is 5.52 Å². The molecule has 0 saturated heterocycles. The Morgan fingerprint density at radius 2 is 2.19 bits per heavy atom. The monoisotopic (exact) mass is 309 g/mol. The molecule has 0 unspecified atom stereocenters. The smallest absolute Gasteiger partial charge is 0.345 e. The first-order valence-corrected chi connectivity index (χ1v) is 7.12. The van der Waals surface area contributed by atoms with Crippen LogP contribution < -0.4 is 5.43 Å². The summed E-state index contributed by atoms with van der Waals surface area (Å²) < 4.78 is 20.1. The van der Waals surface area contributed by atoms with Gasteiger partial charge in [-0.15, -0.1) is 0 Å². The molecule has 1 aliphatic rings. The van der Waals surface area contributed by atoms with Gasteiger partial charge in [0.05, 0.1) is 12.1 Å². The van der Waals surface area contributed by atoms with Crippen molar-refractivity contribution >= 4 is 28.5 Å². The van der Waals surface area contributed by atoms with Crippen molar-refractivity contribution in [2.24, 2.45) is 0 Å². The van der Waals surface area contributed by atoms with Gasteiger partial charge in [0.15, 0.2) is 0 Å². The van der Waals surface area contributed by atoms with Crippen LogP contribution in [0.25, 0.3) is 10.9 Å². The second kappa shape index (κ2) is 5.15.